The van der Waals surface area contributed by atoms with Gasteiger partial charge in [0.25, 0.3) is 0 Å². The van der Waals surface area contributed by atoms with Gasteiger partial charge in [0.15, 0.2) is 11.5 Å². The van der Waals surface area contributed by atoms with Crippen LogP contribution < -0.4 is 9.47 Å². The van der Waals surface area contributed by atoms with Crippen LogP contribution in [-0.4, -0.2) is 19.2 Å². The van der Waals surface area contributed by atoms with E-state index in [9.17, 15) is 0 Å². The maximum absolute atomic E-state index is 6.21. The fourth-order valence-electron chi connectivity index (χ4n) is 2.16. The topological polar surface area (TPSA) is 31.4 Å². The van der Waals surface area contributed by atoms with E-state index >= 15 is 0 Å². The van der Waals surface area contributed by atoms with Crippen molar-refractivity contribution in [1.82, 2.24) is 4.98 Å². The van der Waals surface area contributed by atoms with E-state index in [0.717, 1.165) is 16.1 Å². The van der Waals surface area contributed by atoms with Crippen LogP contribution >= 0.6 is 22.9 Å². The molecule has 3 nitrogen and oxygen atoms in total. The Balaban J connectivity index is 1.93. The molecule has 3 aromatic rings. The van der Waals surface area contributed by atoms with Gasteiger partial charge in [-0.1, -0.05) is 29.8 Å². The molecular weight excluding hydrogens is 318 g/mol. The molecule has 0 saturated heterocycles. The summed E-state index contributed by atoms with van der Waals surface area (Å²) < 4.78 is 11.7. The van der Waals surface area contributed by atoms with Crippen LogP contribution in [0.1, 0.15) is 10.6 Å². The molecule has 0 amide bonds. The number of aromatic nitrogens is 1. The van der Waals surface area contributed by atoms with E-state index in [-0.39, 0.29) is 0 Å². The number of para-hydroxylation sites is 1. The molecule has 5 heteroatoms. The van der Waals surface area contributed by atoms with E-state index in [2.05, 4.69) is 11.1 Å². The van der Waals surface area contributed by atoms with E-state index in [0.29, 0.717) is 16.5 Å². The summed E-state index contributed by atoms with van der Waals surface area (Å²) in [4.78, 5) is 4.57. The second-order valence-electron chi connectivity index (χ2n) is 4.59. The van der Waals surface area contributed by atoms with Gasteiger partial charge in [0.1, 0.15) is 5.01 Å². The van der Waals surface area contributed by atoms with Gasteiger partial charge in [-0.25, -0.2) is 4.98 Å². The number of fused-ring (bicyclic) bond motifs is 1. The predicted octanol–water partition coefficient (Wildman–Crippen LogP) is 5.14. The number of rotatable bonds is 4. The summed E-state index contributed by atoms with van der Waals surface area (Å²) >= 11 is 7.86. The summed E-state index contributed by atoms with van der Waals surface area (Å²) in [6.45, 7) is 0. The fourth-order valence-corrected chi connectivity index (χ4v) is 3.33. The van der Waals surface area contributed by atoms with Gasteiger partial charge in [0.2, 0.25) is 0 Å². The van der Waals surface area contributed by atoms with Gasteiger partial charge >= 0.3 is 0 Å². The van der Waals surface area contributed by atoms with Crippen molar-refractivity contribution in [2.24, 2.45) is 0 Å². The number of benzene rings is 2. The molecule has 1 heterocycles. The minimum atomic E-state index is 0.519. The number of nitrogens with zero attached hydrogens (tertiary/aromatic N) is 1. The number of hydrogen-bond acceptors (Lipinski definition) is 4. The average molecular weight is 332 g/mol. The van der Waals surface area contributed by atoms with Crippen molar-refractivity contribution in [3.63, 3.8) is 0 Å². The highest BCUT2D eigenvalue weighted by Gasteiger charge is 2.09. The predicted molar refractivity (Wildman–Crippen MR) is 93.1 cm³/mol. The van der Waals surface area contributed by atoms with Crippen molar-refractivity contribution < 1.29 is 9.47 Å². The molecule has 0 radical (unpaired) electrons. The minimum Gasteiger partial charge on any atom is -0.493 e. The Morgan fingerprint density at radius 3 is 2.64 bits per heavy atom. The highest BCUT2D eigenvalue weighted by atomic mass is 35.5. The van der Waals surface area contributed by atoms with E-state index in [1.54, 1.807) is 25.6 Å². The summed E-state index contributed by atoms with van der Waals surface area (Å²) in [7, 11) is 3.16. The summed E-state index contributed by atoms with van der Waals surface area (Å²) in [6.07, 6.45) is 3.94. The quantitative estimate of drug-likeness (QED) is 0.663. The second kappa shape index (κ2) is 6.38. The number of thiazole rings is 1. The smallest absolute Gasteiger partial charge is 0.179 e. The van der Waals surface area contributed by atoms with Crippen LogP contribution in [0.4, 0.5) is 0 Å². The summed E-state index contributed by atoms with van der Waals surface area (Å²) in [5.41, 5.74) is 1.94. The molecule has 22 heavy (non-hydrogen) atoms. The fraction of sp³-hybridized carbons (Fsp3) is 0.118. The molecule has 2 aromatic carbocycles. The number of hydrogen-bond donors (Lipinski definition) is 0. The highest BCUT2D eigenvalue weighted by Crippen LogP contribution is 2.36. The van der Waals surface area contributed by atoms with Gasteiger partial charge in [-0.05, 0) is 35.9 Å². The molecule has 0 saturated carbocycles. The maximum Gasteiger partial charge on any atom is 0.179 e. The van der Waals surface area contributed by atoms with Crippen molar-refractivity contribution in [3.05, 3.63) is 52.0 Å². The van der Waals surface area contributed by atoms with Crippen LogP contribution in [0.5, 0.6) is 11.5 Å². The number of ether oxygens (including phenoxy) is 2. The molecule has 0 aliphatic carbocycles. The van der Waals surface area contributed by atoms with Crippen LogP contribution in [0.2, 0.25) is 5.02 Å². The van der Waals surface area contributed by atoms with Gasteiger partial charge in [-0.2, -0.15) is 0 Å². The Morgan fingerprint density at radius 2 is 1.91 bits per heavy atom. The number of methoxy groups -OCH3 is 2. The summed E-state index contributed by atoms with van der Waals surface area (Å²) in [5.74, 6) is 1.15. The first-order valence-electron chi connectivity index (χ1n) is 6.66. The molecule has 0 atom stereocenters. The lowest BCUT2D eigenvalue weighted by Gasteiger charge is -2.10. The van der Waals surface area contributed by atoms with Gasteiger partial charge in [-0.15, -0.1) is 11.3 Å². The van der Waals surface area contributed by atoms with Crippen molar-refractivity contribution in [2.75, 3.05) is 14.2 Å². The monoisotopic (exact) mass is 331 g/mol. The zero-order valence-corrected chi connectivity index (χ0v) is 13.7. The van der Waals surface area contributed by atoms with Crippen molar-refractivity contribution >= 4 is 45.3 Å². The Bertz CT molecular complexity index is 809. The maximum atomic E-state index is 6.21. The summed E-state index contributed by atoms with van der Waals surface area (Å²) in [5, 5.41) is 1.47. The van der Waals surface area contributed by atoms with Crippen LogP contribution in [0, 0.1) is 0 Å². The van der Waals surface area contributed by atoms with Crippen molar-refractivity contribution in [2.45, 2.75) is 0 Å². The van der Waals surface area contributed by atoms with Gasteiger partial charge < -0.3 is 9.47 Å². The van der Waals surface area contributed by atoms with Gasteiger partial charge in [-0.3, -0.25) is 0 Å². The van der Waals surface area contributed by atoms with Crippen LogP contribution in [0.15, 0.2) is 36.4 Å². The van der Waals surface area contributed by atoms with Crippen LogP contribution in [0.3, 0.4) is 0 Å². The average Bonchev–Trinajstić information content (AvgIpc) is 2.95. The molecule has 0 fully saturated rings. The Hall–Kier alpha value is -2.04. The van der Waals surface area contributed by atoms with E-state index in [1.807, 2.05) is 42.5 Å². The van der Waals surface area contributed by atoms with E-state index < -0.39 is 0 Å². The molecule has 0 N–H and O–H groups in total. The summed E-state index contributed by atoms with van der Waals surface area (Å²) in [6, 6.07) is 11.8. The first-order chi connectivity index (χ1) is 10.7. The molecule has 1 aromatic heterocycles. The second-order valence-corrected chi connectivity index (χ2v) is 6.06. The normalized spacial score (nSPS) is 11.2. The third kappa shape index (κ3) is 2.93. The van der Waals surface area contributed by atoms with Gasteiger partial charge in [0, 0.05) is 0 Å². The molecule has 0 spiro atoms. The molecule has 0 aliphatic rings. The van der Waals surface area contributed by atoms with E-state index in [4.69, 9.17) is 21.1 Å². The lowest BCUT2D eigenvalue weighted by molar-refractivity contribution is 0.355. The van der Waals surface area contributed by atoms with Crippen molar-refractivity contribution in [1.29, 1.82) is 0 Å². The zero-order valence-electron chi connectivity index (χ0n) is 12.2. The SMILES string of the molecule is COc1cc(C=Cc2nc3ccccc3s2)cc(Cl)c1OC. The third-order valence-corrected chi connectivity index (χ3v) is 4.47. The molecule has 112 valence electrons. The van der Waals surface area contributed by atoms with E-state index in [1.165, 1.54) is 4.70 Å². The Labute approximate surface area is 137 Å². The first kappa shape index (κ1) is 14.9. The Kier molecular flexibility index (Phi) is 4.32. The van der Waals surface area contributed by atoms with Gasteiger partial charge in [0.05, 0.1) is 29.5 Å². The van der Waals surface area contributed by atoms with Crippen LogP contribution in [0.25, 0.3) is 22.4 Å². The van der Waals surface area contributed by atoms with Crippen molar-refractivity contribution in [3.8, 4) is 11.5 Å². The largest absolute Gasteiger partial charge is 0.493 e. The molecule has 0 unspecified atom stereocenters. The molecular formula is C17H14ClNO2S. The molecule has 3 rings (SSSR count). The first-order valence-corrected chi connectivity index (χ1v) is 7.86. The third-order valence-electron chi connectivity index (χ3n) is 3.18. The molecule has 0 bridgehead atoms. The number of halogens is 1. The lowest BCUT2D eigenvalue weighted by Crippen LogP contribution is -1.92. The zero-order chi connectivity index (χ0) is 15.5. The lowest BCUT2D eigenvalue weighted by atomic mass is 10.2. The highest BCUT2D eigenvalue weighted by molar-refractivity contribution is 7.19. The molecule has 0 aliphatic heterocycles. The minimum absolute atomic E-state index is 0.519. The Morgan fingerprint density at radius 1 is 1.09 bits per heavy atom. The standard InChI is InChI=1S/C17H14ClNO2S/c1-20-14-10-11(9-12(18)17(14)21-2)7-8-16-19-13-5-3-4-6-15(13)22-16/h3-10H,1-2H3. The van der Waals surface area contributed by atoms with Crippen LogP contribution in [-0.2, 0) is 0 Å².